The number of rotatable bonds is 4. The topological polar surface area (TPSA) is 37.3 Å². The van der Waals surface area contributed by atoms with E-state index in [9.17, 15) is 9.90 Å². The summed E-state index contributed by atoms with van der Waals surface area (Å²) in [6.45, 7) is 0. The molecule has 0 saturated heterocycles. The molecule has 0 aromatic heterocycles. The molecule has 2 atom stereocenters. The molecular weight excluding hydrogens is 212 g/mol. The minimum atomic E-state index is -0.595. The summed E-state index contributed by atoms with van der Waals surface area (Å²) in [5, 5.41) is 9.21. The molecule has 1 N–H and O–H groups in total. The smallest absolute Gasteiger partial charge is 0.306 e. The van der Waals surface area contributed by atoms with Gasteiger partial charge in [-0.3, -0.25) is 4.79 Å². The van der Waals surface area contributed by atoms with Crippen LogP contribution >= 0.6 is 0 Å². The average molecular weight is 232 g/mol. The van der Waals surface area contributed by atoms with E-state index >= 15 is 0 Å². The van der Waals surface area contributed by atoms with Crippen LogP contribution in [0.1, 0.15) is 37.7 Å². The Kier molecular flexibility index (Phi) is 4.18. The largest absolute Gasteiger partial charge is 0.481 e. The van der Waals surface area contributed by atoms with Crippen LogP contribution in [0.4, 0.5) is 0 Å². The van der Waals surface area contributed by atoms with Gasteiger partial charge in [-0.1, -0.05) is 43.2 Å². The fourth-order valence-electron chi connectivity index (χ4n) is 2.88. The zero-order valence-corrected chi connectivity index (χ0v) is 10.1. The van der Waals surface area contributed by atoms with Gasteiger partial charge in [0.15, 0.2) is 0 Å². The van der Waals surface area contributed by atoms with Crippen molar-refractivity contribution in [2.24, 2.45) is 11.8 Å². The number of hydrogen-bond acceptors (Lipinski definition) is 1. The maximum Gasteiger partial charge on any atom is 0.306 e. The summed E-state index contributed by atoms with van der Waals surface area (Å²) < 4.78 is 0. The summed E-state index contributed by atoms with van der Waals surface area (Å²) in [5.41, 5.74) is 1.32. The number of aliphatic carboxylic acids is 1. The summed E-state index contributed by atoms with van der Waals surface area (Å²) in [7, 11) is 0. The van der Waals surface area contributed by atoms with Gasteiger partial charge in [0.2, 0.25) is 0 Å². The molecule has 0 aliphatic heterocycles. The van der Waals surface area contributed by atoms with Gasteiger partial charge in [-0.25, -0.2) is 0 Å². The first kappa shape index (κ1) is 12.2. The summed E-state index contributed by atoms with van der Waals surface area (Å²) in [5.74, 6) is -0.323. The van der Waals surface area contributed by atoms with Crippen molar-refractivity contribution in [2.45, 2.75) is 38.5 Å². The average Bonchev–Trinajstić information content (AvgIpc) is 2.38. The molecule has 92 valence electrons. The van der Waals surface area contributed by atoms with Gasteiger partial charge >= 0.3 is 5.97 Å². The van der Waals surface area contributed by atoms with Gasteiger partial charge in [0.1, 0.15) is 0 Å². The van der Waals surface area contributed by atoms with Gasteiger partial charge in [0.25, 0.3) is 0 Å². The van der Waals surface area contributed by atoms with Crippen molar-refractivity contribution in [1.29, 1.82) is 0 Å². The van der Waals surface area contributed by atoms with Crippen LogP contribution in [0, 0.1) is 11.8 Å². The van der Waals surface area contributed by atoms with E-state index < -0.39 is 5.97 Å². The Labute approximate surface area is 103 Å². The van der Waals surface area contributed by atoms with E-state index in [-0.39, 0.29) is 5.92 Å². The van der Waals surface area contributed by atoms with Crippen LogP contribution in [0.3, 0.4) is 0 Å². The number of carbonyl (C=O) groups is 1. The van der Waals surface area contributed by atoms with Crippen LogP contribution in [0.5, 0.6) is 0 Å². The molecule has 1 aliphatic rings. The van der Waals surface area contributed by atoms with E-state index in [1.807, 2.05) is 18.2 Å². The lowest BCUT2D eigenvalue weighted by molar-refractivity contribution is -0.145. The maximum absolute atomic E-state index is 11.2. The molecule has 0 spiro atoms. The highest BCUT2D eigenvalue weighted by atomic mass is 16.4. The zero-order chi connectivity index (χ0) is 12.1. The number of hydrogen-bond donors (Lipinski definition) is 1. The van der Waals surface area contributed by atoms with E-state index in [1.54, 1.807) is 0 Å². The number of aryl methyl sites for hydroxylation is 1. The van der Waals surface area contributed by atoms with Gasteiger partial charge in [-0.2, -0.15) is 0 Å². The first-order valence-electron chi connectivity index (χ1n) is 6.54. The fourth-order valence-corrected chi connectivity index (χ4v) is 2.88. The quantitative estimate of drug-likeness (QED) is 0.862. The molecule has 1 aromatic carbocycles. The molecule has 0 amide bonds. The van der Waals surface area contributed by atoms with Gasteiger partial charge < -0.3 is 5.11 Å². The summed E-state index contributed by atoms with van der Waals surface area (Å²) in [6, 6.07) is 10.4. The lowest BCUT2D eigenvalue weighted by atomic mass is 9.76. The third-order valence-corrected chi connectivity index (χ3v) is 3.87. The Balaban J connectivity index is 1.90. The normalized spacial score (nSPS) is 24.5. The lowest BCUT2D eigenvalue weighted by Crippen LogP contribution is -2.27. The first-order valence-corrected chi connectivity index (χ1v) is 6.54. The second kappa shape index (κ2) is 5.85. The number of carboxylic acids is 1. The SMILES string of the molecule is O=C(O)C1CCCCC1CCc1ccccc1. The Morgan fingerprint density at radius 2 is 1.88 bits per heavy atom. The Morgan fingerprint density at radius 1 is 1.18 bits per heavy atom. The van der Waals surface area contributed by atoms with Crippen molar-refractivity contribution < 1.29 is 9.90 Å². The predicted octanol–water partition coefficient (Wildman–Crippen LogP) is 3.51. The van der Waals surface area contributed by atoms with Crippen molar-refractivity contribution in [3.05, 3.63) is 35.9 Å². The van der Waals surface area contributed by atoms with Crippen LogP contribution in [0.25, 0.3) is 0 Å². The molecule has 0 heterocycles. The van der Waals surface area contributed by atoms with Crippen molar-refractivity contribution in [3.8, 4) is 0 Å². The van der Waals surface area contributed by atoms with E-state index in [0.717, 1.165) is 32.1 Å². The van der Waals surface area contributed by atoms with Crippen LogP contribution in [0.15, 0.2) is 30.3 Å². The molecule has 0 radical (unpaired) electrons. The van der Waals surface area contributed by atoms with Gasteiger partial charge in [0, 0.05) is 0 Å². The van der Waals surface area contributed by atoms with E-state index in [0.29, 0.717) is 5.92 Å². The van der Waals surface area contributed by atoms with Gasteiger partial charge in [0.05, 0.1) is 5.92 Å². The van der Waals surface area contributed by atoms with Crippen LogP contribution in [-0.2, 0) is 11.2 Å². The maximum atomic E-state index is 11.2. The zero-order valence-electron chi connectivity index (χ0n) is 10.1. The molecule has 2 heteroatoms. The van der Waals surface area contributed by atoms with Crippen LogP contribution in [0.2, 0.25) is 0 Å². The lowest BCUT2D eigenvalue weighted by Gasteiger charge is -2.28. The molecule has 1 fully saturated rings. The Bertz CT molecular complexity index is 358. The first-order chi connectivity index (χ1) is 8.27. The summed E-state index contributed by atoms with van der Waals surface area (Å²) in [4.78, 5) is 11.2. The Hall–Kier alpha value is -1.31. The van der Waals surface area contributed by atoms with Crippen molar-refractivity contribution in [3.63, 3.8) is 0 Å². The monoisotopic (exact) mass is 232 g/mol. The third-order valence-electron chi connectivity index (χ3n) is 3.87. The third kappa shape index (κ3) is 3.32. The second-order valence-corrected chi connectivity index (χ2v) is 5.01. The summed E-state index contributed by atoms with van der Waals surface area (Å²) in [6.07, 6.45) is 6.26. The molecule has 1 saturated carbocycles. The minimum absolute atomic E-state index is 0.104. The molecule has 2 nitrogen and oxygen atoms in total. The predicted molar refractivity (Wildman–Crippen MR) is 67.8 cm³/mol. The highest BCUT2D eigenvalue weighted by Gasteiger charge is 2.30. The molecule has 2 rings (SSSR count). The van der Waals surface area contributed by atoms with Crippen LogP contribution < -0.4 is 0 Å². The Morgan fingerprint density at radius 3 is 2.59 bits per heavy atom. The van der Waals surface area contributed by atoms with Gasteiger partial charge in [-0.15, -0.1) is 0 Å². The standard InChI is InChI=1S/C15H20O2/c16-15(17)14-9-5-4-8-13(14)11-10-12-6-2-1-3-7-12/h1-3,6-7,13-14H,4-5,8-11H2,(H,16,17). The van der Waals surface area contributed by atoms with E-state index in [1.165, 1.54) is 12.0 Å². The van der Waals surface area contributed by atoms with Gasteiger partial charge in [-0.05, 0) is 37.2 Å². The van der Waals surface area contributed by atoms with Crippen molar-refractivity contribution in [1.82, 2.24) is 0 Å². The van der Waals surface area contributed by atoms with E-state index in [2.05, 4.69) is 12.1 Å². The van der Waals surface area contributed by atoms with Crippen molar-refractivity contribution in [2.75, 3.05) is 0 Å². The number of carboxylic acid groups (broad SMARTS) is 1. The van der Waals surface area contributed by atoms with Crippen molar-refractivity contribution >= 4 is 5.97 Å². The molecule has 2 unspecified atom stereocenters. The molecule has 1 aromatic rings. The number of benzene rings is 1. The van der Waals surface area contributed by atoms with Crippen LogP contribution in [-0.4, -0.2) is 11.1 Å². The second-order valence-electron chi connectivity index (χ2n) is 5.01. The molecule has 0 bridgehead atoms. The molecule has 1 aliphatic carbocycles. The highest BCUT2D eigenvalue weighted by Crippen LogP contribution is 2.33. The fraction of sp³-hybridized carbons (Fsp3) is 0.533. The minimum Gasteiger partial charge on any atom is -0.481 e. The summed E-state index contributed by atoms with van der Waals surface area (Å²) >= 11 is 0. The highest BCUT2D eigenvalue weighted by molar-refractivity contribution is 5.70. The molecule has 17 heavy (non-hydrogen) atoms. The molecular formula is C15H20O2. The van der Waals surface area contributed by atoms with E-state index in [4.69, 9.17) is 0 Å².